The number of hydrogen-bond acceptors (Lipinski definition) is 4. The molecule has 0 radical (unpaired) electrons. The number of hydrogen-bond donors (Lipinski definition) is 1. The van der Waals surface area contributed by atoms with Gasteiger partial charge in [0.25, 0.3) is 0 Å². The van der Waals surface area contributed by atoms with Gasteiger partial charge in [-0.25, -0.2) is 4.68 Å². The minimum absolute atomic E-state index is 0.0421. The molecule has 2 unspecified atom stereocenters. The molecule has 3 nitrogen and oxygen atoms in total. The van der Waals surface area contributed by atoms with Crippen molar-refractivity contribution < 1.29 is 0 Å². The zero-order chi connectivity index (χ0) is 13.1. The van der Waals surface area contributed by atoms with Crippen molar-refractivity contribution in [3.8, 4) is 5.69 Å². The van der Waals surface area contributed by atoms with E-state index in [1.807, 2.05) is 58.7 Å². The summed E-state index contributed by atoms with van der Waals surface area (Å²) in [5.41, 5.74) is 8.64. The van der Waals surface area contributed by atoms with Crippen LogP contribution in [0.3, 0.4) is 0 Å². The Bertz CT molecular complexity index is 520. The van der Waals surface area contributed by atoms with Crippen molar-refractivity contribution in [1.29, 1.82) is 0 Å². The molecule has 19 heavy (non-hydrogen) atoms. The molecule has 5 heteroatoms. The molecule has 1 fully saturated rings. The van der Waals surface area contributed by atoms with E-state index in [-0.39, 0.29) is 6.04 Å². The molecule has 1 saturated heterocycles. The number of rotatable bonds is 3. The Labute approximate surface area is 122 Å². The molecule has 1 aliphatic rings. The van der Waals surface area contributed by atoms with Gasteiger partial charge in [0.2, 0.25) is 0 Å². The van der Waals surface area contributed by atoms with Crippen molar-refractivity contribution in [3.63, 3.8) is 0 Å². The highest BCUT2D eigenvalue weighted by Crippen LogP contribution is 2.32. The maximum absolute atomic E-state index is 6.46. The fourth-order valence-electron chi connectivity index (χ4n) is 2.25. The predicted octanol–water partition coefficient (Wildman–Crippen LogP) is 2.72. The van der Waals surface area contributed by atoms with Gasteiger partial charge in [0, 0.05) is 28.7 Å². The van der Waals surface area contributed by atoms with E-state index in [0.717, 1.165) is 17.1 Å². The van der Waals surface area contributed by atoms with Crippen LogP contribution >= 0.6 is 23.5 Å². The summed E-state index contributed by atoms with van der Waals surface area (Å²) in [5.74, 6) is 3.57. The molecule has 0 bridgehead atoms. The lowest BCUT2D eigenvalue weighted by Gasteiger charge is -2.27. The number of thioether (sulfide) groups is 2. The Kier molecular flexibility index (Phi) is 4.15. The normalized spacial score (nSPS) is 21.2. The molecule has 0 saturated carbocycles. The standard InChI is InChI=1S/C14H17N3S2/c15-14(13-10-18-8-9-19-13)12-6-7-16-17(12)11-4-2-1-3-5-11/h1-7,13-14H,8-10,15H2. The molecule has 0 aliphatic carbocycles. The number of aromatic nitrogens is 2. The molecule has 1 aromatic carbocycles. The third-order valence-corrected chi connectivity index (χ3v) is 6.14. The summed E-state index contributed by atoms with van der Waals surface area (Å²) in [6.45, 7) is 0. The van der Waals surface area contributed by atoms with Crippen LogP contribution in [-0.4, -0.2) is 32.3 Å². The van der Waals surface area contributed by atoms with E-state index < -0.39 is 0 Å². The van der Waals surface area contributed by atoms with Gasteiger partial charge in [0.15, 0.2) is 0 Å². The predicted molar refractivity (Wildman–Crippen MR) is 84.1 cm³/mol. The monoisotopic (exact) mass is 291 g/mol. The van der Waals surface area contributed by atoms with Gasteiger partial charge in [-0.1, -0.05) is 18.2 Å². The number of benzene rings is 1. The summed E-state index contributed by atoms with van der Waals surface area (Å²) in [7, 11) is 0. The van der Waals surface area contributed by atoms with Gasteiger partial charge in [0.1, 0.15) is 0 Å². The van der Waals surface area contributed by atoms with Gasteiger partial charge in [0.05, 0.1) is 17.4 Å². The van der Waals surface area contributed by atoms with E-state index in [1.165, 1.54) is 11.5 Å². The van der Waals surface area contributed by atoms with Gasteiger partial charge in [-0.3, -0.25) is 0 Å². The van der Waals surface area contributed by atoms with E-state index >= 15 is 0 Å². The molecule has 2 aromatic rings. The molecular formula is C14H17N3S2. The first-order chi connectivity index (χ1) is 9.36. The fourth-order valence-corrected chi connectivity index (χ4v) is 5.04. The van der Waals surface area contributed by atoms with Crippen LogP contribution in [-0.2, 0) is 0 Å². The van der Waals surface area contributed by atoms with Crippen molar-refractivity contribution in [1.82, 2.24) is 9.78 Å². The van der Waals surface area contributed by atoms with Crippen LogP contribution in [0.15, 0.2) is 42.6 Å². The van der Waals surface area contributed by atoms with E-state index in [2.05, 4.69) is 17.2 Å². The third kappa shape index (κ3) is 2.83. The van der Waals surface area contributed by atoms with Gasteiger partial charge in [-0.05, 0) is 18.2 Å². The van der Waals surface area contributed by atoms with Crippen molar-refractivity contribution in [3.05, 3.63) is 48.3 Å². The highest BCUT2D eigenvalue weighted by atomic mass is 32.2. The smallest absolute Gasteiger partial charge is 0.0649 e. The average Bonchev–Trinajstić information content (AvgIpc) is 2.98. The molecule has 1 aromatic heterocycles. The molecule has 2 atom stereocenters. The Hall–Kier alpha value is -0.910. The highest BCUT2D eigenvalue weighted by molar-refractivity contribution is 8.06. The number of nitrogens with zero attached hydrogens (tertiary/aromatic N) is 2. The number of nitrogens with two attached hydrogens (primary N) is 1. The van der Waals surface area contributed by atoms with Crippen LogP contribution in [0.4, 0.5) is 0 Å². The van der Waals surface area contributed by atoms with Gasteiger partial charge in [-0.15, -0.1) is 0 Å². The molecular weight excluding hydrogens is 274 g/mol. The van der Waals surface area contributed by atoms with Crippen LogP contribution in [0.5, 0.6) is 0 Å². The second kappa shape index (κ2) is 6.03. The summed E-state index contributed by atoms with van der Waals surface area (Å²) in [4.78, 5) is 0. The molecule has 3 rings (SSSR count). The second-order valence-electron chi connectivity index (χ2n) is 4.51. The molecule has 2 N–H and O–H groups in total. The first-order valence-corrected chi connectivity index (χ1v) is 8.61. The Morgan fingerprint density at radius 2 is 2.05 bits per heavy atom. The minimum atomic E-state index is 0.0421. The first kappa shape index (κ1) is 13.1. The lowest BCUT2D eigenvalue weighted by molar-refractivity contribution is 0.654. The molecule has 100 valence electrons. The summed E-state index contributed by atoms with van der Waals surface area (Å²) in [6.07, 6.45) is 1.84. The van der Waals surface area contributed by atoms with Crippen molar-refractivity contribution >= 4 is 23.5 Å². The zero-order valence-electron chi connectivity index (χ0n) is 10.6. The van der Waals surface area contributed by atoms with Crippen LogP contribution in [0, 0.1) is 0 Å². The lowest BCUT2D eigenvalue weighted by Crippen LogP contribution is -2.30. The van der Waals surface area contributed by atoms with Gasteiger partial charge in [-0.2, -0.15) is 28.6 Å². The topological polar surface area (TPSA) is 43.8 Å². The third-order valence-electron chi connectivity index (χ3n) is 3.26. The molecule has 2 heterocycles. The molecule has 0 spiro atoms. The van der Waals surface area contributed by atoms with Gasteiger partial charge < -0.3 is 5.73 Å². The molecule has 0 amide bonds. The minimum Gasteiger partial charge on any atom is -0.322 e. The number of para-hydroxylation sites is 1. The zero-order valence-corrected chi connectivity index (χ0v) is 12.2. The summed E-state index contributed by atoms with van der Waals surface area (Å²) < 4.78 is 1.96. The highest BCUT2D eigenvalue weighted by Gasteiger charge is 2.25. The summed E-state index contributed by atoms with van der Waals surface area (Å²) in [5, 5.41) is 4.91. The van der Waals surface area contributed by atoms with Gasteiger partial charge >= 0.3 is 0 Å². The van der Waals surface area contributed by atoms with E-state index in [9.17, 15) is 0 Å². The SMILES string of the molecule is NC(c1ccnn1-c1ccccc1)C1CSCCS1. The Morgan fingerprint density at radius 1 is 1.21 bits per heavy atom. The van der Waals surface area contributed by atoms with Crippen LogP contribution in [0.1, 0.15) is 11.7 Å². The van der Waals surface area contributed by atoms with E-state index in [4.69, 9.17) is 5.73 Å². The van der Waals surface area contributed by atoms with Crippen LogP contribution < -0.4 is 5.73 Å². The van der Waals surface area contributed by atoms with Crippen LogP contribution in [0.2, 0.25) is 0 Å². The maximum Gasteiger partial charge on any atom is 0.0649 e. The van der Waals surface area contributed by atoms with E-state index in [1.54, 1.807) is 0 Å². The average molecular weight is 291 g/mol. The lowest BCUT2D eigenvalue weighted by atomic mass is 10.1. The van der Waals surface area contributed by atoms with Crippen LogP contribution in [0.25, 0.3) is 5.69 Å². The first-order valence-electron chi connectivity index (χ1n) is 6.40. The quantitative estimate of drug-likeness (QED) is 0.944. The van der Waals surface area contributed by atoms with Crippen molar-refractivity contribution in [2.45, 2.75) is 11.3 Å². The maximum atomic E-state index is 6.46. The molecule has 1 aliphatic heterocycles. The summed E-state index contributed by atoms with van der Waals surface area (Å²) in [6, 6.07) is 12.3. The van der Waals surface area contributed by atoms with Crippen molar-refractivity contribution in [2.75, 3.05) is 17.3 Å². The fraction of sp³-hybridized carbons (Fsp3) is 0.357. The van der Waals surface area contributed by atoms with Crippen molar-refractivity contribution in [2.24, 2.45) is 5.73 Å². The Balaban J connectivity index is 1.87. The summed E-state index contributed by atoms with van der Waals surface area (Å²) >= 11 is 3.99. The van der Waals surface area contributed by atoms with E-state index in [0.29, 0.717) is 5.25 Å². The second-order valence-corrected chi connectivity index (χ2v) is 7.01. The Morgan fingerprint density at radius 3 is 2.79 bits per heavy atom. The largest absolute Gasteiger partial charge is 0.322 e.